The number of aromatic nitrogens is 3. The molecule has 2 aromatic carbocycles. The smallest absolute Gasteiger partial charge is 0.263 e. The highest BCUT2D eigenvalue weighted by Gasteiger charge is 2.25. The summed E-state index contributed by atoms with van der Waals surface area (Å²) in [6.07, 6.45) is 4.76. The van der Waals surface area contributed by atoms with E-state index in [0.29, 0.717) is 18.2 Å². The minimum Gasteiger partial charge on any atom is -0.487 e. The lowest BCUT2D eigenvalue weighted by molar-refractivity contribution is -0.136. The molecule has 1 saturated heterocycles. The molecule has 1 amide bonds. The monoisotopic (exact) mass is 483 g/mol. The molecule has 8 heteroatoms. The number of carbonyl (C=O) groups is 1. The molecule has 0 aliphatic carbocycles. The number of rotatable bonds is 8. The highest BCUT2D eigenvalue weighted by molar-refractivity contribution is 5.96. The molecular weight excluding hydrogens is 454 g/mol. The van der Waals surface area contributed by atoms with Gasteiger partial charge in [-0.25, -0.2) is 9.97 Å². The normalized spacial score (nSPS) is 14.0. The number of anilines is 2. The zero-order valence-electron chi connectivity index (χ0n) is 20.5. The number of pyridine rings is 1. The fourth-order valence-electron chi connectivity index (χ4n) is 4.37. The molecule has 0 saturated carbocycles. The molecule has 0 radical (unpaired) electrons. The molecule has 1 aliphatic heterocycles. The Morgan fingerprint density at radius 1 is 1.03 bits per heavy atom. The minimum atomic E-state index is -0.598. The summed E-state index contributed by atoms with van der Waals surface area (Å²) in [4.78, 5) is 27.9. The summed E-state index contributed by atoms with van der Waals surface area (Å²) >= 11 is 0. The van der Waals surface area contributed by atoms with Crippen LogP contribution in [-0.4, -0.2) is 45.0 Å². The molecule has 5 rings (SSSR count). The van der Waals surface area contributed by atoms with Crippen molar-refractivity contribution in [2.24, 2.45) is 0 Å². The number of ether oxygens (including phenoxy) is 2. The molecule has 2 aromatic heterocycles. The van der Waals surface area contributed by atoms with Crippen molar-refractivity contribution in [3.8, 4) is 11.5 Å². The summed E-state index contributed by atoms with van der Waals surface area (Å²) in [5, 5.41) is 4.12. The van der Waals surface area contributed by atoms with Gasteiger partial charge in [0.05, 0.1) is 16.6 Å². The van der Waals surface area contributed by atoms with E-state index in [1.807, 2.05) is 66.4 Å². The predicted molar refractivity (Wildman–Crippen MR) is 138 cm³/mol. The van der Waals surface area contributed by atoms with Crippen molar-refractivity contribution < 1.29 is 14.3 Å². The zero-order valence-corrected chi connectivity index (χ0v) is 20.5. The third-order valence-corrected chi connectivity index (χ3v) is 6.23. The lowest BCUT2D eigenvalue weighted by Crippen LogP contribution is -2.38. The summed E-state index contributed by atoms with van der Waals surface area (Å²) in [7, 11) is 0. The molecule has 1 atom stereocenters. The third kappa shape index (κ3) is 5.22. The Hall–Kier alpha value is -4.20. The quantitative estimate of drug-likeness (QED) is 0.375. The number of benzene rings is 2. The standard InChI is InChI=1S/C28H29N5O3/c1-19-16-21(11-12-24(19)35-17-22-8-3-4-13-29-22)32-27-26-23(30-18-31-27)9-7-10-25(26)36-20(2)28(34)33-14-5-6-15-33/h3-4,7-13,16,18,20H,5-6,14-15,17H2,1-2H3,(H,30,31,32)/t20-/m1/s1. The largest absolute Gasteiger partial charge is 0.487 e. The van der Waals surface area contributed by atoms with Crippen LogP contribution in [0.5, 0.6) is 11.5 Å². The first-order chi connectivity index (χ1) is 17.6. The molecule has 1 fully saturated rings. The number of amides is 1. The SMILES string of the molecule is Cc1cc(Nc2ncnc3cccc(O[C@H](C)C(=O)N4CCCC4)c23)ccc1OCc1ccccn1. The van der Waals surface area contributed by atoms with Crippen LogP contribution in [-0.2, 0) is 11.4 Å². The van der Waals surface area contributed by atoms with Crippen LogP contribution in [0.2, 0.25) is 0 Å². The minimum absolute atomic E-state index is 0.00720. The topological polar surface area (TPSA) is 89.5 Å². The number of nitrogens with one attached hydrogen (secondary N) is 1. The molecule has 184 valence electrons. The third-order valence-electron chi connectivity index (χ3n) is 6.23. The van der Waals surface area contributed by atoms with E-state index in [1.54, 1.807) is 13.1 Å². The maximum Gasteiger partial charge on any atom is 0.263 e. The van der Waals surface area contributed by atoms with E-state index in [-0.39, 0.29) is 5.91 Å². The Kier molecular flexibility index (Phi) is 6.93. The molecule has 3 heterocycles. The van der Waals surface area contributed by atoms with Gasteiger partial charge in [-0.05, 0) is 74.7 Å². The maximum absolute atomic E-state index is 12.8. The highest BCUT2D eigenvalue weighted by Crippen LogP contribution is 2.33. The Balaban J connectivity index is 1.35. The Morgan fingerprint density at radius 2 is 1.89 bits per heavy atom. The summed E-state index contributed by atoms with van der Waals surface area (Å²) in [5.41, 5.74) is 3.44. The number of hydrogen-bond acceptors (Lipinski definition) is 7. The van der Waals surface area contributed by atoms with E-state index >= 15 is 0 Å². The number of likely N-dealkylation sites (tertiary alicyclic amines) is 1. The van der Waals surface area contributed by atoms with Crippen LogP contribution < -0.4 is 14.8 Å². The van der Waals surface area contributed by atoms with Gasteiger partial charge < -0.3 is 19.7 Å². The average Bonchev–Trinajstić information content (AvgIpc) is 3.44. The van der Waals surface area contributed by atoms with Crippen molar-refractivity contribution >= 4 is 28.3 Å². The summed E-state index contributed by atoms with van der Waals surface area (Å²) < 4.78 is 12.1. The van der Waals surface area contributed by atoms with Crippen molar-refractivity contribution in [3.05, 3.63) is 78.4 Å². The first-order valence-corrected chi connectivity index (χ1v) is 12.2. The van der Waals surface area contributed by atoms with Crippen molar-refractivity contribution in [2.45, 2.75) is 39.4 Å². The molecule has 0 bridgehead atoms. The molecule has 0 unspecified atom stereocenters. The maximum atomic E-state index is 12.8. The predicted octanol–water partition coefficient (Wildman–Crippen LogP) is 5.05. The van der Waals surface area contributed by atoms with E-state index in [0.717, 1.165) is 59.5 Å². The van der Waals surface area contributed by atoms with Crippen molar-refractivity contribution in [3.63, 3.8) is 0 Å². The van der Waals surface area contributed by atoms with Crippen LogP contribution in [0.15, 0.2) is 67.1 Å². The first kappa shape index (κ1) is 23.5. The van der Waals surface area contributed by atoms with Gasteiger partial charge in [0.2, 0.25) is 0 Å². The van der Waals surface area contributed by atoms with Crippen molar-refractivity contribution in [2.75, 3.05) is 18.4 Å². The second-order valence-electron chi connectivity index (χ2n) is 8.88. The van der Waals surface area contributed by atoms with Crippen molar-refractivity contribution in [1.29, 1.82) is 0 Å². The average molecular weight is 484 g/mol. The van der Waals surface area contributed by atoms with E-state index in [1.165, 1.54) is 6.33 Å². The van der Waals surface area contributed by atoms with Crippen LogP contribution in [0.1, 0.15) is 31.0 Å². The Labute approximate surface area is 210 Å². The summed E-state index contributed by atoms with van der Waals surface area (Å²) in [6, 6.07) is 17.3. The summed E-state index contributed by atoms with van der Waals surface area (Å²) in [6.45, 7) is 5.78. The van der Waals surface area contributed by atoms with E-state index in [4.69, 9.17) is 9.47 Å². The van der Waals surface area contributed by atoms with Gasteiger partial charge in [0.1, 0.15) is 30.3 Å². The van der Waals surface area contributed by atoms with Crippen LogP contribution in [0, 0.1) is 6.92 Å². The molecule has 4 aromatic rings. The second kappa shape index (κ2) is 10.6. The molecule has 0 spiro atoms. The zero-order chi connectivity index (χ0) is 24.9. The fourth-order valence-corrected chi connectivity index (χ4v) is 4.37. The lowest BCUT2D eigenvalue weighted by atomic mass is 10.1. The number of aryl methyl sites for hydroxylation is 1. The fraction of sp³-hybridized carbons (Fsp3) is 0.286. The number of fused-ring (bicyclic) bond motifs is 1. The molecule has 8 nitrogen and oxygen atoms in total. The van der Waals surface area contributed by atoms with Crippen molar-refractivity contribution in [1.82, 2.24) is 19.9 Å². The highest BCUT2D eigenvalue weighted by atomic mass is 16.5. The molecule has 1 N–H and O–H groups in total. The Morgan fingerprint density at radius 3 is 2.67 bits per heavy atom. The van der Waals surface area contributed by atoms with Crippen LogP contribution in [0.3, 0.4) is 0 Å². The molecular formula is C28H29N5O3. The molecule has 36 heavy (non-hydrogen) atoms. The van der Waals surface area contributed by atoms with E-state index < -0.39 is 6.10 Å². The summed E-state index contributed by atoms with van der Waals surface area (Å²) in [5.74, 6) is 1.98. The lowest BCUT2D eigenvalue weighted by Gasteiger charge is -2.22. The van der Waals surface area contributed by atoms with Gasteiger partial charge in [-0.15, -0.1) is 0 Å². The van der Waals surface area contributed by atoms with Crippen LogP contribution >= 0.6 is 0 Å². The first-order valence-electron chi connectivity index (χ1n) is 12.2. The Bertz CT molecular complexity index is 1350. The second-order valence-corrected chi connectivity index (χ2v) is 8.88. The number of hydrogen-bond donors (Lipinski definition) is 1. The van der Waals surface area contributed by atoms with Gasteiger partial charge in [0, 0.05) is 25.0 Å². The van der Waals surface area contributed by atoms with Crippen LogP contribution in [0.4, 0.5) is 11.5 Å². The van der Waals surface area contributed by atoms with E-state index in [9.17, 15) is 4.79 Å². The van der Waals surface area contributed by atoms with Crippen LogP contribution in [0.25, 0.3) is 10.9 Å². The van der Waals surface area contributed by atoms with Gasteiger partial charge in [-0.1, -0.05) is 12.1 Å². The molecule has 1 aliphatic rings. The number of nitrogens with zero attached hydrogens (tertiary/aromatic N) is 4. The van der Waals surface area contributed by atoms with Gasteiger partial charge in [0.15, 0.2) is 6.10 Å². The van der Waals surface area contributed by atoms with E-state index in [2.05, 4.69) is 20.3 Å². The van der Waals surface area contributed by atoms with Gasteiger partial charge in [0.25, 0.3) is 5.91 Å². The van der Waals surface area contributed by atoms with Gasteiger partial charge >= 0.3 is 0 Å². The van der Waals surface area contributed by atoms with Gasteiger partial charge in [-0.2, -0.15) is 0 Å². The number of carbonyl (C=O) groups excluding carboxylic acids is 1. The van der Waals surface area contributed by atoms with Gasteiger partial charge in [-0.3, -0.25) is 9.78 Å².